The number of hydrogen-bond acceptors (Lipinski definition) is 7. The van der Waals surface area contributed by atoms with E-state index in [4.69, 9.17) is 19.2 Å². The van der Waals surface area contributed by atoms with E-state index in [1.165, 1.54) is 12.8 Å². The topological polar surface area (TPSA) is 76.2 Å². The average molecular weight is 509 g/mol. The molecular weight excluding hydrogens is 468 g/mol. The molecule has 0 radical (unpaired) electrons. The zero-order chi connectivity index (χ0) is 25.8. The molecule has 0 bridgehead atoms. The van der Waals surface area contributed by atoms with Crippen molar-refractivity contribution in [1.82, 2.24) is 15.2 Å². The van der Waals surface area contributed by atoms with E-state index in [2.05, 4.69) is 29.0 Å². The van der Waals surface area contributed by atoms with Gasteiger partial charge in [-0.05, 0) is 51.0 Å². The molecule has 3 heterocycles. The van der Waals surface area contributed by atoms with Crippen LogP contribution >= 0.6 is 0 Å². The summed E-state index contributed by atoms with van der Waals surface area (Å²) in [5.41, 5.74) is 2.32. The number of anilines is 1. The van der Waals surface area contributed by atoms with Crippen molar-refractivity contribution in [2.24, 2.45) is 0 Å². The van der Waals surface area contributed by atoms with Crippen LogP contribution in [0.25, 0.3) is 11.3 Å². The summed E-state index contributed by atoms with van der Waals surface area (Å²) in [5, 5.41) is 3.32. The van der Waals surface area contributed by atoms with Crippen molar-refractivity contribution >= 4 is 11.7 Å². The van der Waals surface area contributed by atoms with Gasteiger partial charge in [0.25, 0.3) is 5.91 Å². The van der Waals surface area contributed by atoms with Crippen molar-refractivity contribution < 1.29 is 19.0 Å². The molecule has 1 aromatic heterocycles. The van der Waals surface area contributed by atoms with Gasteiger partial charge in [-0.3, -0.25) is 9.69 Å². The van der Waals surface area contributed by atoms with Crippen LogP contribution in [-0.2, 0) is 9.47 Å². The lowest BCUT2D eigenvalue weighted by atomic mass is 9.94. The fourth-order valence-electron chi connectivity index (χ4n) is 6.24. The highest BCUT2D eigenvalue weighted by molar-refractivity contribution is 5.99. The second-order valence-corrected chi connectivity index (χ2v) is 10.6. The van der Waals surface area contributed by atoms with Crippen molar-refractivity contribution in [1.29, 1.82) is 0 Å². The number of methoxy groups -OCH3 is 1. The quantitative estimate of drug-likeness (QED) is 0.611. The molecule has 8 heteroatoms. The van der Waals surface area contributed by atoms with E-state index in [0.29, 0.717) is 31.0 Å². The fraction of sp³-hybridized carbons (Fsp3) is 0.586. The van der Waals surface area contributed by atoms with Crippen LogP contribution in [0.5, 0.6) is 5.75 Å². The third-order valence-corrected chi connectivity index (χ3v) is 8.02. The summed E-state index contributed by atoms with van der Waals surface area (Å²) in [6.07, 6.45) is 4.75. The van der Waals surface area contributed by atoms with Crippen LogP contribution in [0.2, 0.25) is 0 Å². The van der Waals surface area contributed by atoms with E-state index in [1.54, 1.807) is 7.11 Å². The lowest BCUT2D eigenvalue weighted by Gasteiger charge is -2.43. The van der Waals surface area contributed by atoms with E-state index in [0.717, 1.165) is 56.2 Å². The van der Waals surface area contributed by atoms with Gasteiger partial charge >= 0.3 is 0 Å². The van der Waals surface area contributed by atoms with E-state index in [1.807, 2.05) is 36.4 Å². The molecular formula is C29H40N4O4. The van der Waals surface area contributed by atoms with Crippen LogP contribution < -0.4 is 15.0 Å². The molecule has 2 atom stereocenters. The summed E-state index contributed by atoms with van der Waals surface area (Å²) < 4.78 is 17.2. The Morgan fingerprint density at radius 2 is 1.78 bits per heavy atom. The van der Waals surface area contributed by atoms with Crippen molar-refractivity contribution in [2.75, 3.05) is 57.9 Å². The molecule has 8 nitrogen and oxygen atoms in total. The molecule has 1 aromatic carbocycles. The van der Waals surface area contributed by atoms with Gasteiger partial charge in [-0.1, -0.05) is 25.0 Å². The van der Waals surface area contributed by atoms with Gasteiger partial charge in [0, 0.05) is 43.8 Å². The number of nitrogens with zero attached hydrogens (tertiary/aromatic N) is 3. The third kappa shape index (κ3) is 5.61. The molecule has 2 saturated heterocycles. The summed E-state index contributed by atoms with van der Waals surface area (Å²) in [7, 11) is 1.67. The summed E-state index contributed by atoms with van der Waals surface area (Å²) in [6.45, 7) is 9.55. The third-order valence-electron chi connectivity index (χ3n) is 8.02. The van der Waals surface area contributed by atoms with Gasteiger partial charge in [-0.2, -0.15) is 0 Å². The molecule has 37 heavy (non-hydrogen) atoms. The molecule has 200 valence electrons. The summed E-state index contributed by atoms with van der Waals surface area (Å²) in [4.78, 5) is 23.5. The maximum Gasteiger partial charge on any atom is 0.255 e. The van der Waals surface area contributed by atoms with E-state index in [9.17, 15) is 4.79 Å². The molecule has 1 N–H and O–H groups in total. The predicted octanol–water partition coefficient (Wildman–Crippen LogP) is 3.75. The number of amides is 1. The van der Waals surface area contributed by atoms with Gasteiger partial charge in [0.05, 0.1) is 43.8 Å². The summed E-state index contributed by atoms with van der Waals surface area (Å²) in [5.74, 6) is 1.39. The highest BCUT2D eigenvalue weighted by Crippen LogP contribution is 2.36. The Balaban J connectivity index is 1.44. The number of nitrogens with one attached hydrogen (secondary N) is 1. The van der Waals surface area contributed by atoms with Crippen molar-refractivity contribution in [3.05, 3.63) is 42.0 Å². The lowest BCUT2D eigenvalue weighted by molar-refractivity contribution is -0.0199. The highest BCUT2D eigenvalue weighted by Gasteiger charge is 2.40. The number of carbonyl (C=O) groups excluding carboxylic acids is 1. The number of rotatable bonds is 7. The van der Waals surface area contributed by atoms with Crippen molar-refractivity contribution in [3.8, 4) is 17.0 Å². The van der Waals surface area contributed by atoms with Gasteiger partial charge in [0.1, 0.15) is 11.6 Å². The summed E-state index contributed by atoms with van der Waals surface area (Å²) in [6, 6.07) is 11.7. The van der Waals surface area contributed by atoms with Crippen LogP contribution in [0.1, 0.15) is 49.9 Å². The smallest absolute Gasteiger partial charge is 0.255 e. The molecule has 0 unspecified atom stereocenters. The molecule has 3 fully saturated rings. The molecule has 1 amide bonds. The standard InChI is InChI=1S/C29H40N4O4/c1-21-18-32(19-22(2)37-21)27-24(10-11-25(31-27)23-8-4-5-9-26(23)35-3)28(34)30-20-29(12-6-7-13-29)33-14-16-36-17-15-33/h4-5,8-11,21-22H,6-7,12-20H2,1-3H3,(H,30,34)/t21-,22+. The second-order valence-electron chi connectivity index (χ2n) is 10.6. The second kappa shape index (κ2) is 11.4. The van der Waals surface area contributed by atoms with Gasteiger partial charge < -0.3 is 24.4 Å². The Morgan fingerprint density at radius 3 is 2.49 bits per heavy atom. The highest BCUT2D eigenvalue weighted by atomic mass is 16.5. The molecule has 0 spiro atoms. The first kappa shape index (κ1) is 25.9. The zero-order valence-corrected chi connectivity index (χ0v) is 22.4. The van der Waals surface area contributed by atoms with Crippen LogP contribution in [0.4, 0.5) is 5.82 Å². The number of pyridine rings is 1. The van der Waals surface area contributed by atoms with Gasteiger partial charge in [-0.15, -0.1) is 0 Å². The lowest BCUT2D eigenvalue weighted by Crippen LogP contribution is -2.57. The number of hydrogen-bond donors (Lipinski definition) is 1. The number of benzene rings is 1. The van der Waals surface area contributed by atoms with Gasteiger partial charge in [0.15, 0.2) is 0 Å². The maximum atomic E-state index is 13.7. The predicted molar refractivity (Wildman–Crippen MR) is 144 cm³/mol. The Kier molecular flexibility index (Phi) is 7.98. The van der Waals surface area contributed by atoms with Crippen molar-refractivity contribution in [3.63, 3.8) is 0 Å². The van der Waals surface area contributed by atoms with Crippen LogP contribution in [0.15, 0.2) is 36.4 Å². The first-order valence-corrected chi connectivity index (χ1v) is 13.6. The Labute approximate surface area is 220 Å². The van der Waals surface area contributed by atoms with E-state index in [-0.39, 0.29) is 23.7 Å². The fourth-order valence-corrected chi connectivity index (χ4v) is 6.24. The molecule has 1 saturated carbocycles. The minimum absolute atomic E-state index is 0.0202. The largest absolute Gasteiger partial charge is 0.496 e. The Morgan fingerprint density at radius 1 is 1.08 bits per heavy atom. The van der Waals surface area contributed by atoms with Crippen LogP contribution in [0, 0.1) is 0 Å². The number of aromatic nitrogens is 1. The molecule has 5 rings (SSSR count). The van der Waals surface area contributed by atoms with Gasteiger partial charge in [0.2, 0.25) is 0 Å². The zero-order valence-electron chi connectivity index (χ0n) is 22.4. The van der Waals surface area contributed by atoms with Crippen molar-refractivity contribution in [2.45, 2.75) is 57.3 Å². The Bertz CT molecular complexity index is 1070. The van der Waals surface area contributed by atoms with Gasteiger partial charge in [-0.25, -0.2) is 4.98 Å². The molecule has 1 aliphatic carbocycles. The number of carbonyl (C=O) groups is 1. The maximum absolute atomic E-state index is 13.7. The number of para-hydroxylation sites is 1. The first-order valence-electron chi connectivity index (χ1n) is 13.6. The number of morpholine rings is 2. The first-order chi connectivity index (χ1) is 18.0. The van der Waals surface area contributed by atoms with Crippen LogP contribution in [-0.4, -0.2) is 86.6 Å². The van der Waals surface area contributed by atoms with E-state index < -0.39 is 0 Å². The monoisotopic (exact) mass is 508 g/mol. The van der Waals surface area contributed by atoms with E-state index >= 15 is 0 Å². The molecule has 3 aliphatic rings. The minimum Gasteiger partial charge on any atom is -0.496 e. The molecule has 2 aromatic rings. The Hall–Kier alpha value is -2.68. The van der Waals surface area contributed by atoms with Crippen LogP contribution in [0.3, 0.4) is 0 Å². The molecule has 2 aliphatic heterocycles. The average Bonchev–Trinajstić information content (AvgIpc) is 3.41. The SMILES string of the molecule is COc1ccccc1-c1ccc(C(=O)NCC2(N3CCOCC3)CCCC2)c(N2C[C@@H](C)O[C@@H](C)C2)n1. The normalized spacial score (nSPS) is 24.1. The number of ether oxygens (including phenoxy) is 3. The summed E-state index contributed by atoms with van der Waals surface area (Å²) >= 11 is 0. The minimum atomic E-state index is -0.0691.